The zero-order chi connectivity index (χ0) is 19.1. The minimum absolute atomic E-state index is 0.0332. The number of rotatable bonds is 7. The third-order valence-corrected chi connectivity index (χ3v) is 4.12. The van der Waals surface area contributed by atoms with Gasteiger partial charge < -0.3 is 10.6 Å². The summed E-state index contributed by atoms with van der Waals surface area (Å²) in [5.41, 5.74) is 3.84. The molecular formula is C22H21N3O2. The summed E-state index contributed by atoms with van der Waals surface area (Å²) in [7, 11) is 0. The normalized spacial score (nSPS) is 10.3. The van der Waals surface area contributed by atoms with Gasteiger partial charge >= 0.3 is 0 Å². The minimum atomic E-state index is -0.191. The first-order valence-corrected chi connectivity index (χ1v) is 8.78. The summed E-state index contributed by atoms with van der Waals surface area (Å²) in [6, 6.07) is 20.7. The van der Waals surface area contributed by atoms with Crippen molar-refractivity contribution in [2.45, 2.75) is 13.3 Å². The number of pyridine rings is 1. The number of amides is 1. The number of aromatic nitrogens is 1. The molecular weight excluding hydrogens is 338 g/mol. The number of carbonyl (C=O) groups excluding carboxylic acids is 2. The first-order chi connectivity index (χ1) is 13.1. The van der Waals surface area contributed by atoms with Crippen LogP contribution < -0.4 is 10.6 Å². The molecule has 0 aliphatic heterocycles. The Kier molecular flexibility index (Phi) is 5.94. The molecule has 0 atom stereocenters. The van der Waals surface area contributed by atoms with E-state index in [9.17, 15) is 9.59 Å². The molecule has 0 saturated heterocycles. The molecule has 1 heterocycles. The Bertz CT molecular complexity index is 905. The molecule has 3 rings (SSSR count). The van der Waals surface area contributed by atoms with Crippen molar-refractivity contribution in [2.24, 2.45) is 0 Å². The van der Waals surface area contributed by atoms with Gasteiger partial charge in [0.15, 0.2) is 5.78 Å². The van der Waals surface area contributed by atoms with Crippen molar-refractivity contribution in [3.8, 4) is 0 Å². The third-order valence-electron chi connectivity index (χ3n) is 4.12. The van der Waals surface area contributed by atoms with E-state index in [-0.39, 0.29) is 11.7 Å². The number of anilines is 2. The fourth-order valence-corrected chi connectivity index (χ4v) is 2.61. The van der Waals surface area contributed by atoms with Crippen LogP contribution in [-0.2, 0) is 6.42 Å². The number of hydrogen-bond donors (Lipinski definition) is 2. The predicted molar refractivity (Wildman–Crippen MR) is 106 cm³/mol. The van der Waals surface area contributed by atoms with E-state index in [0.29, 0.717) is 17.8 Å². The van der Waals surface area contributed by atoms with Gasteiger partial charge in [0.2, 0.25) is 0 Å². The second-order valence-electron chi connectivity index (χ2n) is 6.18. The maximum Gasteiger partial charge on any atom is 0.269 e. The largest absolute Gasteiger partial charge is 0.354 e. The van der Waals surface area contributed by atoms with E-state index in [1.54, 1.807) is 30.5 Å². The first kappa shape index (κ1) is 18.3. The average Bonchev–Trinajstić information content (AvgIpc) is 2.70. The van der Waals surface area contributed by atoms with Crippen LogP contribution in [0.2, 0.25) is 0 Å². The Hall–Kier alpha value is -3.47. The molecule has 1 amide bonds. The lowest BCUT2D eigenvalue weighted by Gasteiger charge is -2.08. The van der Waals surface area contributed by atoms with E-state index >= 15 is 0 Å². The van der Waals surface area contributed by atoms with Crippen LogP contribution in [0.25, 0.3) is 0 Å². The van der Waals surface area contributed by atoms with Gasteiger partial charge in [0.1, 0.15) is 5.69 Å². The molecule has 0 fully saturated rings. The van der Waals surface area contributed by atoms with Gasteiger partial charge in [0, 0.05) is 17.8 Å². The van der Waals surface area contributed by atoms with E-state index in [1.165, 1.54) is 12.5 Å². The molecule has 5 heteroatoms. The van der Waals surface area contributed by atoms with Gasteiger partial charge in [-0.2, -0.15) is 0 Å². The van der Waals surface area contributed by atoms with Gasteiger partial charge in [0.25, 0.3) is 5.91 Å². The van der Waals surface area contributed by atoms with Crippen LogP contribution in [0.4, 0.5) is 11.4 Å². The molecule has 0 radical (unpaired) electrons. The maximum absolute atomic E-state index is 12.2. The zero-order valence-corrected chi connectivity index (χ0v) is 15.1. The number of hydrogen-bond acceptors (Lipinski definition) is 4. The van der Waals surface area contributed by atoms with E-state index in [0.717, 1.165) is 17.8 Å². The zero-order valence-electron chi connectivity index (χ0n) is 15.1. The van der Waals surface area contributed by atoms with Crippen molar-refractivity contribution in [3.63, 3.8) is 0 Å². The Morgan fingerprint density at radius 3 is 2.22 bits per heavy atom. The lowest BCUT2D eigenvalue weighted by atomic mass is 10.1. The van der Waals surface area contributed by atoms with Gasteiger partial charge in [-0.25, -0.2) is 4.98 Å². The van der Waals surface area contributed by atoms with E-state index in [4.69, 9.17) is 0 Å². The maximum atomic E-state index is 12.2. The highest BCUT2D eigenvalue weighted by atomic mass is 16.1. The molecule has 2 aromatic carbocycles. The summed E-state index contributed by atoms with van der Waals surface area (Å²) in [5, 5.41) is 6.07. The topological polar surface area (TPSA) is 71.1 Å². The van der Waals surface area contributed by atoms with Gasteiger partial charge in [-0.15, -0.1) is 0 Å². The van der Waals surface area contributed by atoms with Crippen molar-refractivity contribution >= 4 is 23.1 Å². The highest BCUT2D eigenvalue weighted by Gasteiger charge is 2.07. The fourth-order valence-electron chi connectivity index (χ4n) is 2.61. The average molecular weight is 359 g/mol. The monoisotopic (exact) mass is 359 g/mol. The lowest BCUT2D eigenvalue weighted by molar-refractivity contribution is 0.0948. The Morgan fingerprint density at radius 1 is 0.889 bits per heavy atom. The molecule has 5 nitrogen and oxygen atoms in total. The van der Waals surface area contributed by atoms with Crippen molar-refractivity contribution in [1.82, 2.24) is 10.3 Å². The number of carbonyl (C=O) groups is 2. The van der Waals surface area contributed by atoms with Crippen LogP contribution >= 0.6 is 0 Å². The van der Waals surface area contributed by atoms with E-state index < -0.39 is 0 Å². The van der Waals surface area contributed by atoms with Crippen LogP contribution in [0.1, 0.15) is 33.3 Å². The molecule has 0 aliphatic rings. The second kappa shape index (κ2) is 8.76. The molecule has 0 unspecified atom stereocenters. The highest BCUT2D eigenvalue weighted by Crippen LogP contribution is 2.17. The molecule has 3 aromatic rings. The molecule has 0 saturated carbocycles. The van der Waals surface area contributed by atoms with Gasteiger partial charge in [-0.1, -0.05) is 30.3 Å². The smallest absolute Gasteiger partial charge is 0.269 e. The number of benzene rings is 2. The van der Waals surface area contributed by atoms with Crippen LogP contribution in [0.3, 0.4) is 0 Å². The highest BCUT2D eigenvalue weighted by molar-refractivity contribution is 5.94. The number of nitrogens with zero attached hydrogens (tertiary/aromatic N) is 1. The lowest BCUT2D eigenvalue weighted by Crippen LogP contribution is -2.26. The van der Waals surface area contributed by atoms with Gasteiger partial charge in [-0.05, 0) is 55.3 Å². The van der Waals surface area contributed by atoms with E-state index in [2.05, 4.69) is 15.6 Å². The number of nitrogens with one attached hydrogen (secondary N) is 2. The minimum Gasteiger partial charge on any atom is -0.354 e. The molecule has 0 spiro atoms. The SMILES string of the molecule is CC(=O)c1ccc(Nc2ccc(C(=O)NCCc3ccccc3)nc2)cc1. The second-order valence-corrected chi connectivity index (χ2v) is 6.18. The van der Waals surface area contributed by atoms with Crippen LogP contribution in [-0.4, -0.2) is 23.2 Å². The van der Waals surface area contributed by atoms with Crippen molar-refractivity contribution in [3.05, 3.63) is 89.7 Å². The van der Waals surface area contributed by atoms with Crippen LogP contribution in [0.5, 0.6) is 0 Å². The number of ketones is 1. The quantitative estimate of drug-likeness (QED) is 0.626. The molecule has 27 heavy (non-hydrogen) atoms. The van der Waals surface area contributed by atoms with Crippen LogP contribution in [0.15, 0.2) is 72.9 Å². The van der Waals surface area contributed by atoms with Crippen molar-refractivity contribution in [1.29, 1.82) is 0 Å². The third kappa shape index (κ3) is 5.25. The Morgan fingerprint density at radius 2 is 1.59 bits per heavy atom. The van der Waals surface area contributed by atoms with E-state index in [1.807, 2.05) is 42.5 Å². The van der Waals surface area contributed by atoms with Gasteiger partial charge in [-0.3, -0.25) is 9.59 Å². The summed E-state index contributed by atoms with van der Waals surface area (Å²) in [6.07, 6.45) is 2.40. The summed E-state index contributed by atoms with van der Waals surface area (Å²) >= 11 is 0. The fraction of sp³-hybridized carbons (Fsp3) is 0.136. The molecule has 0 bridgehead atoms. The summed E-state index contributed by atoms with van der Waals surface area (Å²) in [6.45, 7) is 2.10. The molecule has 0 aliphatic carbocycles. The van der Waals surface area contributed by atoms with Crippen LogP contribution in [0, 0.1) is 0 Å². The standard InChI is InChI=1S/C22H21N3O2/c1-16(26)18-7-9-19(10-8-18)25-20-11-12-21(24-15-20)22(27)23-14-13-17-5-3-2-4-6-17/h2-12,15,25H,13-14H2,1H3,(H,23,27). The first-order valence-electron chi connectivity index (χ1n) is 8.78. The summed E-state index contributed by atoms with van der Waals surface area (Å²) < 4.78 is 0. The predicted octanol–water partition coefficient (Wildman–Crippen LogP) is 4.00. The molecule has 1 aromatic heterocycles. The van der Waals surface area contributed by atoms with Crippen molar-refractivity contribution < 1.29 is 9.59 Å². The molecule has 2 N–H and O–H groups in total. The van der Waals surface area contributed by atoms with Crippen molar-refractivity contribution in [2.75, 3.05) is 11.9 Å². The molecule has 136 valence electrons. The Balaban J connectivity index is 1.53. The van der Waals surface area contributed by atoms with Gasteiger partial charge in [0.05, 0.1) is 11.9 Å². The summed E-state index contributed by atoms with van der Waals surface area (Å²) in [4.78, 5) is 27.7. The number of Topliss-reactive ketones (excluding diaryl/α,β-unsaturated/α-hetero) is 1. The Labute approximate surface area is 158 Å². The summed E-state index contributed by atoms with van der Waals surface area (Å²) in [5.74, 6) is -0.158.